The second-order valence-corrected chi connectivity index (χ2v) is 8.50. The highest BCUT2D eigenvalue weighted by molar-refractivity contribution is 5.78. The van der Waals surface area contributed by atoms with E-state index in [1.807, 2.05) is 18.2 Å². The van der Waals surface area contributed by atoms with Gasteiger partial charge in [0.05, 0.1) is 12.2 Å². The van der Waals surface area contributed by atoms with E-state index in [9.17, 15) is 9.59 Å². The average molecular weight is 398 g/mol. The van der Waals surface area contributed by atoms with Crippen LogP contribution in [0.1, 0.15) is 38.3 Å². The van der Waals surface area contributed by atoms with Crippen LogP contribution in [-0.4, -0.2) is 63.9 Å². The summed E-state index contributed by atoms with van der Waals surface area (Å²) in [5.74, 6) is 0.740. The number of fused-ring (bicyclic) bond motifs is 1. The first-order valence-corrected chi connectivity index (χ1v) is 10.8. The van der Waals surface area contributed by atoms with E-state index < -0.39 is 0 Å². The molecule has 2 aromatic rings. The van der Waals surface area contributed by atoms with Gasteiger partial charge in [0, 0.05) is 51.0 Å². The van der Waals surface area contributed by atoms with Crippen LogP contribution in [0.4, 0.5) is 0 Å². The predicted octanol–water partition coefficient (Wildman–Crippen LogP) is 1.51. The van der Waals surface area contributed by atoms with Crippen molar-refractivity contribution < 1.29 is 4.79 Å². The van der Waals surface area contributed by atoms with Crippen LogP contribution in [0.3, 0.4) is 0 Å². The van der Waals surface area contributed by atoms with Crippen molar-refractivity contribution in [1.29, 1.82) is 0 Å². The first-order chi connectivity index (χ1) is 14.1. The molecule has 2 aromatic heterocycles. The van der Waals surface area contributed by atoms with Gasteiger partial charge in [-0.25, -0.2) is 4.98 Å². The molecule has 1 saturated carbocycles. The fourth-order valence-corrected chi connectivity index (χ4v) is 4.50. The van der Waals surface area contributed by atoms with E-state index >= 15 is 0 Å². The van der Waals surface area contributed by atoms with Crippen LogP contribution in [0.2, 0.25) is 0 Å². The molecule has 29 heavy (non-hydrogen) atoms. The highest BCUT2D eigenvalue weighted by atomic mass is 16.2. The fourth-order valence-electron chi connectivity index (χ4n) is 4.50. The van der Waals surface area contributed by atoms with Gasteiger partial charge in [-0.3, -0.25) is 23.8 Å². The molecule has 1 aliphatic heterocycles. The van der Waals surface area contributed by atoms with E-state index in [2.05, 4.69) is 27.0 Å². The van der Waals surface area contributed by atoms with Crippen molar-refractivity contribution in [3.8, 4) is 0 Å². The van der Waals surface area contributed by atoms with Gasteiger partial charge in [0.25, 0.3) is 5.56 Å². The summed E-state index contributed by atoms with van der Waals surface area (Å²) in [6, 6.07) is 7.55. The second kappa shape index (κ2) is 9.05. The number of hydrogen-bond donors (Lipinski definition) is 1. The molecule has 1 amide bonds. The number of hydrogen-bond acceptors (Lipinski definition) is 5. The molecular weight excluding hydrogens is 366 g/mol. The van der Waals surface area contributed by atoms with Crippen LogP contribution in [0.25, 0.3) is 5.65 Å². The molecule has 2 aliphatic rings. The molecule has 1 saturated heterocycles. The van der Waals surface area contributed by atoms with Gasteiger partial charge in [-0.05, 0) is 30.9 Å². The zero-order valence-electron chi connectivity index (χ0n) is 17.2. The third kappa shape index (κ3) is 5.03. The first-order valence-electron chi connectivity index (χ1n) is 10.8. The Morgan fingerprint density at radius 1 is 1.14 bits per heavy atom. The number of pyridine rings is 1. The Balaban J connectivity index is 1.26. The molecular formula is C22H31N5O2. The molecule has 0 spiro atoms. The van der Waals surface area contributed by atoms with Crippen molar-refractivity contribution in [2.24, 2.45) is 5.92 Å². The number of carbonyl (C=O) groups excluding carboxylic acids is 1. The molecule has 1 N–H and O–H groups in total. The minimum absolute atomic E-state index is 0.0437. The Labute approximate surface area is 171 Å². The smallest absolute Gasteiger partial charge is 0.258 e. The van der Waals surface area contributed by atoms with E-state index in [0.717, 1.165) is 38.3 Å². The van der Waals surface area contributed by atoms with Crippen molar-refractivity contribution in [2.75, 3.05) is 32.7 Å². The van der Waals surface area contributed by atoms with Crippen LogP contribution in [0.15, 0.2) is 35.3 Å². The summed E-state index contributed by atoms with van der Waals surface area (Å²) in [6.07, 6.45) is 6.58. The quantitative estimate of drug-likeness (QED) is 0.828. The third-order valence-corrected chi connectivity index (χ3v) is 6.30. The molecule has 7 heteroatoms. The Kier molecular flexibility index (Phi) is 6.25. The molecule has 0 aromatic carbocycles. The second-order valence-electron chi connectivity index (χ2n) is 8.50. The Hall–Kier alpha value is -2.25. The summed E-state index contributed by atoms with van der Waals surface area (Å²) in [5, 5.41) is 3.25. The summed E-state index contributed by atoms with van der Waals surface area (Å²) in [7, 11) is 0. The number of nitrogens with one attached hydrogen (secondary N) is 1. The maximum Gasteiger partial charge on any atom is 0.258 e. The first kappa shape index (κ1) is 20.0. The van der Waals surface area contributed by atoms with Gasteiger partial charge in [-0.15, -0.1) is 0 Å². The van der Waals surface area contributed by atoms with E-state index in [-0.39, 0.29) is 11.5 Å². The van der Waals surface area contributed by atoms with Gasteiger partial charge in [0.15, 0.2) is 0 Å². The minimum atomic E-state index is -0.0437. The third-order valence-electron chi connectivity index (χ3n) is 6.30. The minimum Gasteiger partial charge on any atom is -0.352 e. The zero-order valence-corrected chi connectivity index (χ0v) is 17.2. The SMILES string of the molecule is C[C@@H]1CCCC[C@@H]1NC(=O)CN1CCN(Cc2cc(=O)n3ccccc3n2)CC1. The number of carbonyl (C=O) groups is 1. The predicted molar refractivity (Wildman–Crippen MR) is 113 cm³/mol. The monoisotopic (exact) mass is 397 g/mol. The van der Waals surface area contributed by atoms with Crippen molar-refractivity contribution in [3.05, 3.63) is 46.5 Å². The lowest BCUT2D eigenvalue weighted by Gasteiger charge is -2.35. The van der Waals surface area contributed by atoms with Crippen molar-refractivity contribution in [2.45, 2.75) is 45.2 Å². The van der Waals surface area contributed by atoms with Gasteiger partial charge in [0.2, 0.25) is 5.91 Å². The Morgan fingerprint density at radius 2 is 1.90 bits per heavy atom. The molecule has 7 nitrogen and oxygen atoms in total. The van der Waals surface area contributed by atoms with Crippen LogP contribution in [0, 0.1) is 5.92 Å². The van der Waals surface area contributed by atoms with E-state index in [0.29, 0.717) is 30.7 Å². The van der Waals surface area contributed by atoms with E-state index in [1.165, 1.54) is 19.3 Å². The largest absolute Gasteiger partial charge is 0.352 e. The zero-order chi connectivity index (χ0) is 20.2. The Morgan fingerprint density at radius 3 is 2.69 bits per heavy atom. The maximum atomic E-state index is 12.4. The summed E-state index contributed by atoms with van der Waals surface area (Å²) in [5.41, 5.74) is 1.44. The van der Waals surface area contributed by atoms with Gasteiger partial charge in [-0.2, -0.15) is 0 Å². The van der Waals surface area contributed by atoms with Gasteiger partial charge < -0.3 is 5.32 Å². The maximum absolute atomic E-state index is 12.4. The molecule has 1 aliphatic carbocycles. The summed E-state index contributed by atoms with van der Waals surface area (Å²) < 4.78 is 1.56. The van der Waals surface area contributed by atoms with Gasteiger partial charge >= 0.3 is 0 Å². The average Bonchev–Trinajstić information content (AvgIpc) is 2.71. The topological polar surface area (TPSA) is 70.0 Å². The summed E-state index contributed by atoms with van der Waals surface area (Å²) in [6.45, 7) is 6.87. The number of piperazine rings is 1. The van der Waals surface area contributed by atoms with Crippen molar-refractivity contribution in [3.63, 3.8) is 0 Å². The van der Waals surface area contributed by atoms with Crippen LogP contribution >= 0.6 is 0 Å². The Bertz CT molecular complexity index is 903. The molecule has 4 rings (SSSR count). The molecule has 0 radical (unpaired) electrons. The number of amides is 1. The molecule has 156 valence electrons. The van der Waals surface area contributed by atoms with E-state index in [4.69, 9.17) is 0 Å². The number of nitrogens with zero attached hydrogens (tertiary/aromatic N) is 4. The number of aromatic nitrogens is 2. The fraction of sp³-hybridized carbons (Fsp3) is 0.591. The standard InChI is InChI=1S/C22H31N5O2/c1-17-6-2-3-7-19(17)24-21(28)16-26-12-10-25(11-13-26)15-18-14-22(29)27-9-5-4-8-20(27)23-18/h4-5,8-9,14,17,19H,2-3,6-7,10-13,15-16H2,1H3,(H,24,28)/t17-,19+/m1/s1. The molecule has 2 atom stereocenters. The highest BCUT2D eigenvalue weighted by Gasteiger charge is 2.25. The summed E-state index contributed by atoms with van der Waals surface area (Å²) in [4.78, 5) is 33.8. The lowest BCUT2D eigenvalue weighted by molar-refractivity contribution is -0.124. The van der Waals surface area contributed by atoms with Crippen LogP contribution in [0.5, 0.6) is 0 Å². The van der Waals surface area contributed by atoms with Gasteiger partial charge in [-0.1, -0.05) is 25.8 Å². The van der Waals surface area contributed by atoms with Crippen LogP contribution < -0.4 is 10.9 Å². The number of rotatable bonds is 5. The molecule has 3 heterocycles. The van der Waals surface area contributed by atoms with Crippen molar-refractivity contribution in [1.82, 2.24) is 24.5 Å². The van der Waals surface area contributed by atoms with Crippen molar-refractivity contribution >= 4 is 11.6 Å². The van der Waals surface area contributed by atoms with E-state index in [1.54, 1.807) is 16.7 Å². The normalized spacial score (nSPS) is 23.9. The lowest BCUT2D eigenvalue weighted by atomic mass is 9.86. The van der Waals surface area contributed by atoms with Gasteiger partial charge in [0.1, 0.15) is 5.65 Å². The summed E-state index contributed by atoms with van der Waals surface area (Å²) >= 11 is 0. The molecule has 2 fully saturated rings. The molecule has 0 bridgehead atoms. The van der Waals surface area contributed by atoms with Crippen LogP contribution in [-0.2, 0) is 11.3 Å². The molecule has 0 unspecified atom stereocenters. The highest BCUT2D eigenvalue weighted by Crippen LogP contribution is 2.23. The lowest BCUT2D eigenvalue weighted by Crippen LogP contribution is -2.51.